The first-order valence-electron chi connectivity index (χ1n) is 10.6. The van der Waals surface area contributed by atoms with Crippen molar-refractivity contribution in [3.05, 3.63) is 89.0 Å². The van der Waals surface area contributed by atoms with Crippen molar-refractivity contribution in [3.63, 3.8) is 0 Å². The summed E-state index contributed by atoms with van der Waals surface area (Å²) in [7, 11) is 0. The maximum Gasteiger partial charge on any atom is 0.271 e. The standard InChI is InChI=1S/C26H28N2O4/c1-4-30-24-14-13-22(16-25(24)31-5-2)26(29)28-27-17-21-7-6-8-23(15-21)32-18-20-11-9-19(3)10-12-20/h6-17H,4-5,18H2,1-3H3,(H,28,29)/b27-17+. The Hall–Kier alpha value is -3.80. The van der Waals surface area contributed by atoms with Crippen LogP contribution < -0.4 is 19.6 Å². The number of hydrazone groups is 1. The van der Waals surface area contributed by atoms with E-state index in [-0.39, 0.29) is 5.91 Å². The van der Waals surface area contributed by atoms with E-state index in [1.54, 1.807) is 24.4 Å². The predicted molar refractivity (Wildman–Crippen MR) is 126 cm³/mol. The van der Waals surface area contributed by atoms with E-state index in [2.05, 4.69) is 29.6 Å². The molecule has 32 heavy (non-hydrogen) atoms. The van der Waals surface area contributed by atoms with Gasteiger partial charge in [0.2, 0.25) is 0 Å². The molecule has 0 aliphatic heterocycles. The number of nitrogens with one attached hydrogen (secondary N) is 1. The van der Waals surface area contributed by atoms with Crippen LogP contribution in [0.5, 0.6) is 17.2 Å². The third-order valence-electron chi connectivity index (χ3n) is 4.57. The van der Waals surface area contributed by atoms with E-state index in [4.69, 9.17) is 14.2 Å². The first-order chi connectivity index (χ1) is 15.6. The molecule has 0 aromatic heterocycles. The molecule has 0 unspecified atom stereocenters. The molecule has 0 bridgehead atoms. The number of amides is 1. The van der Waals surface area contributed by atoms with Gasteiger partial charge in [0, 0.05) is 5.56 Å². The van der Waals surface area contributed by atoms with Gasteiger partial charge in [-0.15, -0.1) is 0 Å². The van der Waals surface area contributed by atoms with Crippen molar-refractivity contribution in [2.45, 2.75) is 27.4 Å². The van der Waals surface area contributed by atoms with Gasteiger partial charge in [-0.3, -0.25) is 4.79 Å². The molecule has 0 aliphatic carbocycles. The van der Waals surface area contributed by atoms with E-state index in [0.717, 1.165) is 16.9 Å². The average Bonchev–Trinajstić information content (AvgIpc) is 2.80. The van der Waals surface area contributed by atoms with Gasteiger partial charge in [0.05, 0.1) is 19.4 Å². The highest BCUT2D eigenvalue weighted by atomic mass is 16.5. The molecule has 0 atom stereocenters. The number of carbonyl (C=O) groups excluding carboxylic acids is 1. The highest BCUT2D eigenvalue weighted by molar-refractivity contribution is 5.95. The van der Waals surface area contributed by atoms with E-state index in [1.807, 2.05) is 50.2 Å². The molecule has 0 spiro atoms. The summed E-state index contributed by atoms with van der Waals surface area (Å²) in [4.78, 5) is 12.5. The molecule has 0 saturated heterocycles. The van der Waals surface area contributed by atoms with Crippen molar-refractivity contribution < 1.29 is 19.0 Å². The first kappa shape index (κ1) is 22.9. The van der Waals surface area contributed by atoms with Crippen molar-refractivity contribution in [1.29, 1.82) is 0 Å². The minimum Gasteiger partial charge on any atom is -0.490 e. The molecular formula is C26H28N2O4. The number of hydrogen-bond donors (Lipinski definition) is 1. The Morgan fingerprint density at radius 1 is 0.906 bits per heavy atom. The molecule has 0 saturated carbocycles. The zero-order chi connectivity index (χ0) is 22.8. The highest BCUT2D eigenvalue weighted by Crippen LogP contribution is 2.28. The first-order valence-corrected chi connectivity index (χ1v) is 10.6. The van der Waals surface area contributed by atoms with Gasteiger partial charge in [-0.25, -0.2) is 5.43 Å². The van der Waals surface area contributed by atoms with Crippen LogP contribution in [-0.2, 0) is 6.61 Å². The lowest BCUT2D eigenvalue weighted by Gasteiger charge is -2.11. The summed E-state index contributed by atoms with van der Waals surface area (Å²) in [5.41, 5.74) is 6.11. The Morgan fingerprint density at radius 3 is 2.41 bits per heavy atom. The third-order valence-corrected chi connectivity index (χ3v) is 4.57. The Labute approximate surface area is 188 Å². The van der Waals surface area contributed by atoms with Gasteiger partial charge in [0.1, 0.15) is 12.4 Å². The second kappa shape index (κ2) is 11.6. The fourth-order valence-electron chi connectivity index (χ4n) is 2.96. The molecular weight excluding hydrogens is 404 g/mol. The number of benzene rings is 3. The molecule has 0 radical (unpaired) electrons. The molecule has 6 heteroatoms. The van der Waals surface area contributed by atoms with Gasteiger partial charge in [-0.1, -0.05) is 42.0 Å². The maximum atomic E-state index is 12.5. The number of hydrogen-bond acceptors (Lipinski definition) is 5. The second-order valence-electron chi connectivity index (χ2n) is 7.07. The van der Waals surface area contributed by atoms with Gasteiger partial charge < -0.3 is 14.2 Å². The predicted octanol–water partition coefficient (Wildman–Crippen LogP) is 5.14. The van der Waals surface area contributed by atoms with Gasteiger partial charge >= 0.3 is 0 Å². The molecule has 3 aromatic carbocycles. The highest BCUT2D eigenvalue weighted by Gasteiger charge is 2.11. The fraction of sp³-hybridized carbons (Fsp3) is 0.231. The molecule has 1 amide bonds. The molecule has 3 rings (SSSR count). The topological polar surface area (TPSA) is 69.2 Å². The van der Waals surface area contributed by atoms with E-state index in [1.165, 1.54) is 5.56 Å². The molecule has 6 nitrogen and oxygen atoms in total. The molecule has 0 heterocycles. The van der Waals surface area contributed by atoms with Crippen molar-refractivity contribution in [1.82, 2.24) is 5.43 Å². The Balaban J connectivity index is 1.59. The van der Waals surface area contributed by atoms with Gasteiger partial charge in [-0.2, -0.15) is 5.10 Å². The summed E-state index contributed by atoms with van der Waals surface area (Å²) in [5, 5.41) is 4.07. The lowest BCUT2D eigenvalue weighted by atomic mass is 10.2. The number of aryl methyl sites for hydroxylation is 1. The van der Waals surface area contributed by atoms with Crippen LogP contribution in [-0.4, -0.2) is 25.3 Å². The van der Waals surface area contributed by atoms with Crippen LogP contribution in [0.4, 0.5) is 0 Å². The van der Waals surface area contributed by atoms with Crippen LogP contribution in [0.1, 0.15) is 40.9 Å². The summed E-state index contributed by atoms with van der Waals surface area (Å²) < 4.78 is 17.0. The van der Waals surface area contributed by atoms with E-state index >= 15 is 0 Å². The minimum absolute atomic E-state index is 0.336. The maximum absolute atomic E-state index is 12.5. The number of carbonyl (C=O) groups is 1. The van der Waals surface area contributed by atoms with Gasteiger partial charge in [0.15, 0.2) is 11.5 Å². The third kappa shape index (κ3) is 6.60. The molecule has 166 valence electrons. The zero-order valence-corrected chi connectivity index (χ0v) is 18.6. The lowest BCUT2D eigenvalue weighted by Crippen LogP contribution is -2.17. The largest absolute Gasteiger partial charge is 0.490 e. The van der Waals surface area contributed by atoms with Crippen molar-refractivity contribution in [2.24, 2.45) is 5.10 Å². The van der Waals surface area contributed by atoms with Crippen LogP contribution in [0.25, 0.3) is 0 Å². The molecule has 0 aliphatic rings. The van der Waals surface area contributed by atoms with Crippen LogP contribution in [0.2, 0.25) is 0 Å². The van der Waals surface area contributed by atoms with Crippen LogP contribution in [0.15, 0.2) is 71.8 Å². The zero-order valence-electron chi connectivity index (χ0n) is 18.6. The number of nitrogens with zero attached hydrogens (tertiary/aromatic N) is 1. The van der Waals surface area contributed by atoms with Crippen molar-refractivity contribution in [3.8, 4) is 17.2 Å². The van der Waals surface area contributed by atoms with Crippen LogP contribution >= 0.6 is 0 Å². The van der Waals surface area contributed by atoms with E-state index < -0.39 is 0 Å². The van der Waals surface area contributed by atoms with E-state index in [0.29, 0.717) is 36.9 Å². The summed E-state index contributed by atoms with van der Waals surface area (Å²) in [5.74, 6) is 1.53. The Morgan fingerprint density at radius 2 is 1.66 bits per heavy atom. The van der Waals surface area contributed by atoms with E-state index in [9.17, 15) is 4.79 Å². The molecule has 1 N–H and O–H groups in total. The van der Waals surface area contributed by atoms with Crippen molar-refractivity contribution >= 4 is 12.1 Å². The van der Waals surface area contributed by atoms with Gasteiger partial charge in [0.25, 0.3) is 5.91 Å². The smallest absolute Gasteiger partial charge is 0.271 e. The summed E-state index contributed by atoms with van der Waals surface area (Å²) >= 11 is 0. The Kier molecular flexibility index (Phi) is 8.26. The second-order valence-corrected chi connectivity index (χ2v) is 7.07. The average molecular weight is 433 g/mol. The quantitative estimate of drug-likeness (QED) is 0.356. The van der Waals surface area contributed by atoms with Crippen molar-refractivity contribution in [2.75, 3.05) is 13.2 Å². The minimum atomic E-state index is -0.336. The fourth-order valence-corrected chi connectivity index (χ4v) is 2.96. The summed E-state index contributed by atoms with van der Waals surface area (Å²) in [6.45, 7) is 7.31. The molecule has 3 aromatic rings. The number of rotatable bonds is 10. The molecule has 0 fully saturated rings. The summed E-state index contributed by atoms with van der Waals surface area (Å²) in [6, 6.07) is 20.8. The normalized spacial score (nSPS) is 10.7. The van der Waals surface area contributed by atoms with Crippen LogP contribution in [0, 0.1) is 6.92 Å². The monoisotopic (exact) mass is 432 g/mol. The van der Waals surface area contributed by atoms with Crippen LogP contribution in [0.3, 0.4) is 0 Å². The summed E-state index contributed by atoms with van der Waals surface area (Å²) in [6.07, 6.45) is 1.58. The lowest BCUT2D eigenvalue weighted by molar-refractivity contribution is 0.0954. The number of ether oxygens (including phenoxy) is 3. The van der Waals surface area contributed by atoms with Gasteiger partial charge in [-0.05, 0) is 62.2 Å². The SMILES string of the molecule is CCOc1ccc(C(=O)N/N=C/c2cccc(OCc3ccc(C)cc3)c2)cc1OCC. The Bertz CT molecular complexity index is 1060.